The van der Waals surface area contributed by atoms with Gasteiger partial charge >= 0.3 is 0 Å². The van der Waals surface area contributed by atoms with Gasteiger partial charge in [-0.3, -0.25) is 0 Å². The van der Waals surface area contributed by atoms with Gasteiger partial charge in [0.15, 0.2) is 0 Å². The molecular weight excluding hydrogens is 236 g/mol. The van der Waals surface area contributed by atoms with Crippen LogP contribution in [0.15, 0.2) is 6.26 Å². The summed E-state index contributed by atoms with van der Waals surface area (Å²) in [4.78, 5) is 0. The Bertz CT molecular complexity index is 22.1. The molecule has 0 saturated carbocycles. The molecule has 1 N–H and O–H groups in total. The van der Waals surface area contributed by atoms with Crippen molar-refractivity contribution in [1.82, 2.24) is 0 Å². The molecule has 0 saturated heterocycles. The molecule has 0 fully saturated rings. The Morgan fingerprint density at radius 2 is 2.00 bits per heavy atom. The normalized spacial score (nSPS) is 7.40. The van der Waals surface area contributed by atoms with Crippen LogP contribution >= 0.6 is 0 Å². The standard InChI is InChI=1S/C3H5O.W/c1-2-3-4;/h3-4H,1H3;/q-1;. The number of aliphatic hydroxyl groups is 1. The Balaban J connectivity index is 0. The minimum absolute atomic E-state index is 0. The van der Waals surface area contributed by atoms with Gasteiger partial charge in [-0.2, -0.15) is 6.92 Å². The monoisotopic (exact) mass is 241 g/mol. The molecule has 0 atom stereocenters. The third-order valence-corrected chi connectivity index (χ3v) is 0.129. The molecule has 0 aromatic heterocycles. The maximum atomic E-state index is 7.64. The van der Waals surface area contributed by atoms with Crippen LogP contribution in [0, 0.1) is 6.08 Å². The minimum atomic E-state index is 0. The third kappa shape index (κ3) is 13.9. The van der Waals surface area contributed by atoms with E-state index in [4.69, 9.17) is 5.11 Å². The van der Waals surface area contributed by atoms with Gasteiger partial charge in [-0.1, -0.05) is 0 Å². The quantitative estimate of drug-likeness (QED) is 0.493. The first-order chi connectivity index (χ1) is 1.91. The van der Waals surface area contributed by atoms with Crippen molar-refractivity contribution in [3.63, 3.8) is 0 Å². The van der Waals surface area contributed by atoms with Crippen molar-refractivity contribution in [2.45, 2.75) is 6.92 Å². The summed E-state index contributed by atoms with van der Waals surface area (Å²) in [5, 5.41) is 7.64. The smallest absolute Gasteiger partial charge is 0 e. The fourth-order valence-corrected chi connectivity index (χ4v) is 0. The molecule has 0 aliphatic heterocycles. The predicted octanol–water partition coefficient (Wildman–Crippen LogP) is 0.879. The van der Waals surface area contributed by atoms with Crippen molar-refractivity contribution >= 4 is 0 Å². The molecule has 0 bridgehead atoms. The average Bonchev–Trinajstić information content (AvgIpc) is 1.37. The van der Waals surface area contributed by atoms with Crippen molar-refractivity contribution in [3.8, 4) is 0 Å². The molecule has 0 heterocycles. The average molecular weight is 241 g/mol. The number of rotatable bonds is 0. The van der Waals surface area contributed by atoms with Gasteiger partial charge in [0, 0.05) is 21.1 Å². The Hall–Kier alpha value is 0.228. The van der Waals surface area contributed by atoms with Gasteiger partial charge < -0.3 is 11.2 Å². The summed E-state index contributed by atoms with van der Waals surface area (Å²) in [6.45, 7) is 1.62. The number of aliphatic hydroxyl groups excluding tert-OH is 1. The second-order valence-corrected chi connectivity index (χ2v) is 0.418. The van der Waals surface area contributed by atoms with Crippen LogP contribution in [0.1, 0.15) is 6.92 Å². The predicted molar refractivity (Wildman–Crippen MR) is 16.1 cm³/mol. The van der Waals surface area contributed by atoms with Crippen LogP contribution in [-0.2, 0) is 21.1 Å². The zero-order valence-electron chi connectivity index (χ0n) is 2.93. The number of hydrogen-bond acceptors (Lipinski definition) is 1. The first-order valence-electron chi connectivity index (χ1n) is 1.05. The van der Waals surface area contributed by atoms with Crippen LogP contribution in [0.5, 0.6) is 0 Å². The first-order valence-corrected chi connectivity index (χ1v) is 1.05. The summed E-state index contributed by atoms with van der Waals surface area (Å²) in [5.74, 6) is 0. The minimum Gasteiger partial charge on any atom is -0.552 e. The third-order valence-electron chi connectivity index (χ3n) is 0.129. The molecule has 0 amide bonds. The van der Waals surface area contributed by atoms with Crippen LogP contribution in [0.2, 0.25) is 0 Å². The second-order valence-electron chi connectivity index (χ2n) is 0.418. The van der Waals surface area contributed by atoms with E-state index >= 15 is 0 Å². The molecule has 0 rings (SSSR count). The van der Waals surface area contributed by atoms with Gasteiger partial charge in [0.05, 0.1) is 0 Å². The van der Waals surface area contributed by atoms with Gasteiger partial charge in [0.25, 0.3) is 0 Å². The van der Waals surface area contributed by atoms with Crippen molar-refractivity contribution < 1.29 is 26.2 Å². The maximum Gasteiger partial charge on any atom is 0 e. The van der Waals surface area contributed by atoms with E-state index in [-0.39, 0.29) is 21.1 Å². The van der Waals surface area contributed by atoms with E-state index in [0.29, 0.717) is 0 Å². The Morgan fingerprint density at radius 1 is 1.80 bits per heavy atom. The molecule has 1 nitrogen and oxygen atoms in total. The van der Waals surface area contributed by atoms with Crippen molar-refractivity contribution in [1.29, 1.82) is 0 Å². The SMILES string of the molecule is C[C-]=CO.[W]. The Kier molecular flexibility index (Phi) is 15.9. The van der Waals surface area contributed by atoms with Crippen LogP contribution in [0.4, 0.5) is 0 Å². The Morgan fingerprint density at radius 3 is 2.00 bits per heavy atom. The van der Waals surface area contributed by atoms with E-state index in [2.05, 4.69) is 6.08 Å². The summed E-state index contributed by atoms with van der Waals surface area (Å²) in [7, 11) is 0. The zero-order chi connectivity index (χ0) is 3.41. The summed E-state index contributed by atoms with van der Waals surface area (Å²) < 4.78 is 0. The van der Waals surface area contributed by atoms with Crippen LogP contribution in [0.3, 0.4) is 0 Å². The van der Waals surface area contributed by atoms with Gasteiger partial charge in [-0.15, -0.1) is 6.26 Å². The second kappa shape index (κ2) is 8.87. The zero-order valence-corrected chi connectivity index (χ0v) is 5.87. The van der Waals surface area contributed by atoms with Crippen LogP contribution in [0.25, 0.3) is 0 Å². The van der Waals surface area contributed by atoms with E-state index < -0.39 is 0 Å². The van der Waals surface area contributed by atoms with Crippen LogP contribution in [-0.4, -0.2) is 5.11 Å². The molecule has 0 spiro atoms. The topological polar surface area (TPSA) is 20.2 Å². The summed E-state index contributed by atoms with van der Waals surface area (Å²) >= 11 is 0. The molecule has 0 radical (unpaired) electrons. The molecule has 30 valence electrons. The molecule has 2 heteroatoms. The van der Waals surface area contributed by atoms with E-state index in [1.54, 1.807) is 6.92 Å². The van der Waals surface area contributed by atoms with E-state index in [1.807, 2.05) is 0 Å². The van der Waals surface area contributed by atoms with E-state index in [0.717, 1.165) is 6.26 Å². The van der Waals surface area contributed by atoms with Crippen molar-refractivity contribution in [3.05, 3.63) is 12.3 Å². The molecule has 0 aromatic rings. The van der Waals surface area contributed by atoms with E-state index in [9.17, 15) is 0 Å². The van der Waals surface area contributed by atoms with Gasteiger partial charge in [-0.25, -0.2) is 0 Å². The number of hydrogen-bond donors (Lipinski definition) is 1. The van der Waals surface area contributed by atoms with Gasteiger partial charge in [0.1, 0.15) is 0 Å². The number of allylic oxidation sites excluding steroid dienone is 1. The molecule has 0 aliphatic carbocycles. The van der Waals surface area contributed by atoms with Crippen LogP contribution < -0.4 is 0 Å². The summed E-state index contributed by atoms with van der Waals surface area (Å²) in [6.07, 6.45) is 3.24. The fourth-order valence-electron chi connectivity index (χ4n) is 0. The van der Waals surface area contributed by atoms with Gasteiger partial charge in [-0.05, 0) is 0 Å². The molecular formula is C3H5OW-. The molecule has 5 heavy (non-hydrogen) atoms. The fraction of sp³-hybridized carbons (Fsp3) is 0.333. The largest absolute Gasteiger partial charge is 0.552 e. The molecule has 0 aromatic carbocycles. The molecule has 0 aliphatic rings. The Labute approximate surface area is 46.0 Å². The first kappa shape index (κ1) is 8.97. The summed E-state index contributed by atoms with van der Waals surface area (Å²) in [6, 6.07) is 0. The van der Waals surface area contributed by atoms with Gasteiger partial charge in [0.2, 0.25) is 0 Å². The van der Waals surface area contributed by atoms with Crippen molar-refractivity contribution in [2.75, 3.05) is 0 Å². The molecule has 0 unspecified atom stereocenters. The van der Waals surface area contributed by atoms with E-state index in [1.165, 1.54) is 0 Å². The summed E-state index contributed by atoms with van der Waals surface area (Å²) in [5.41, 5.74) is 0. The van der Waals surface area contributed by atoms with Crippen molar-refractivity contribution in [2.24, 2.45) is 0 Å². The maximum absolute atomic E-state index is 7.64.